The third-order valence-corrected chi connectivity index (χ3v) is 6.10. The van der Waals surface area contributed by atoms with Crippen LogP contribution in [0.25, 0.3) is 11.1 Å². The van der Waals surface area contributed by atoms with Gasteiger partial charge in [-0.15, -0.1) is 0 Å². The van der Waals surface area contributed by atoms with Gasteiger partial charge in [0, 0.05) is 38.0 Å². The quantitative estimate of drug-likeness (QED) is 0.675. The van der Waals surface area contributed by atoms with E-state index in [-0.39, 0.29) is 24.0 Å². The minimum atomic E-state index is -0.506. The van der Waals surface area contributed by atoms with Gasteiger partial charge in [-0.1, -0.05) is 35.9 Å². The molecule has 2 atom stereocenters. The van der Waals surface area contributed by atoms with E-state index in [0.29, 0.717) is 37.6 Å². The predicted molar refractivity (Wildman–Crippen MR) is 126 cm³/mol. The molecule has 0 aromatic heterocycles. The van der Waals surface area contributed by atoms with Crippen molar-refractivity contribution >= 4 is 23.5 Å². The first-order valence-corrected chi connectivity index (χ1v) is 11.1. The van der Waals surface area contributed by atoms with E-state index < -0.39 is 5.60 Å². The van der Waals surface area contributed by atoms with Crippen LogP contribution in [0.2, 0.25) is 0 Å². The van der Waals surface area contributed by atoms with Gasteiger partial charge in [-0.2, -0.15) is 0 Å². The number of urea groups is 1. The van der Waals surface area contributed by atoms with Crippen molar-refractivity contribution in [1.82, 2.24) is 9.80 Å². The van der Waals surface area contributed by atoms with Gasteiger partial charge in [0.05, 0.1) is 11.4 Å². The highest BCUT2D eigenvalue weighted by molar-refractivity contribution is 5.94. The molecule has 2 aliphatic heterocycles. The molecule has 0 radical (unpaired) electrons. The second-order valence-corrected chi connectivity index (χ2v) is 9.91. The molecular weight excluding hydrogens is 404 g/mol. The zero-order chi connectivity index (χ0) is 23.0. The number of aryl methyl sites for hydroxylation is 1. The zero-order valence-electron chi connectivity index (χ0n) is 19.2. The zero-order valence-corrected chi connectivity index (χ0v) is 19.2. The van der Waals surface area contributed by atoms with Crippen LogP contribution >= 0.6 is 0 Å². The smallest absolute Gasteiger partial charge is 0.410 e. The van der Waals surface area contributed by atoms with E-state index in [1.54, 1.807) is 4.90 Å². The first kappa shape index (κ1) is 22.0. The van der Waals surface area contributed by atoms with Crippen LogP contribution in [0.1, 0.15) is 26.3 Å². The fraction of sp³-hybridized carbons (Fsp3) is 0.440. The summed E-state index contributed by atoms with van der Waals surface area (Å²) < 4.78 is 5.49. The van der Waals surface area contributed by atoms with Gasteiger partial charge < -0.3 is 25.6 Å². The maximum Gasteiger partial charge on any atom is 0.410 e. The highest BCUT2D eigenvalue weighted by Crippen LogP contribution is 2.33. The first-order valence-electron chi connectivity index (χ1n) is 11.1. The summed E-state index contributed by atoms with van der Waals surface area (Å²) in [6.07, 6.45) is -0.274. The molecule has 0 spiro atoms. The van der Waals surface area contributed by atoms with Crippen LogP contribution in [-0.2, 0) is 4.74 Å². The van der Waals surface area contributed by atoms with Crippen molar-refractivity contribution in [3.63, 3.8) is 0 Å². The number of hydrogen-bond donors (Lipinski definition) is 2. The predicted octanol–water partition coefficient (Wildman–Crippen LogP) is 4.57. The first-order chi connectivity index (χ1) is 15.1. The summed E-state index contributed by atoms with van der Waals surface area (Å²) >= 11 is 0. The molecule has 2 aromatic rings. The van der Waals surface area contributed by atoms with Gasteiger partial charge in [0.15, 0.2) is 0 Å². The van der Waals surface area contributed by atoms with Crippen molar-refractivity contribution in [2.45, 2.75) is 33.3 Å². The monoisotopic (exact) mass is 436 g/mol. The molecule has 2 heterocycles. The van der Waals surface area contributed by atoms with Crippen LogP contribution in [0.15, 0.2) is 42.5 Å². The van der Waals surface area contributed by atoms with Gasteiger partial charge in [-0.3, -0.25) is 0 Å². The average molecular weight is 437 g/mol. The van der Waals surface area contributed by atoms with E-state index in [9.17, 15) is 9.59 Å². The van der Waals surface area contributed by atoms with Gasteiger partial charge in [0.2, 0.25) is 0 Å². The summed E-state index contributed by atoms with van der Waals surface area (Å²) in [5.74, 6) is 0.536. The Kier molecular flexibility index (Phi) is 5.75. The molecule has 2 aliphatic rings. The Morgan fingerprint density at radius 1 is 0.938 bits per heavy atom. The number of nitrogens with zero attached hydrogens (tertiary/aromatic N) is 2. The van der Waals surface area contributed by atoms with Crippen molar-refractivity contribution in [1.29, 1.82) is 0 Å². The van der Waals surface area contributed by atoms with E-state index in [4.69, 9.17) is 10.5 Å². The van der Waals surface area contributed by atoms with E-state index in [1.165, 1.54) is 5.56 Å². The summed E-state index contributed by atoms with van der Waals surface area (Å²) in [5, 5.41) is 2.98. The number of amides is 3. The molecule has 4 rings (SSSR count). The maximum atomic E-state index is 12.9. The number of benzene rings is 2. The Hall–Kier alpha value is -3.22. The number of likely N-dealkylation sites (tertiary alicyclic amines) is 2. The SMILES string of the molecule is Cc1ccc(-c2ccc(N)c(NC(=O)N3CC4CN(C(=O)OC(C)(C)C)CC4C3)c2)cc1. The molecule has 3 N–H and O–H groups in total. The molecule has 0 aliphatic carbocycles. The number of rotatable bonds is 2. The van der Waals surface area contributed by atoms with E-state index in [2.05, 4.69) is 36.5 Å². The van der Waals surface area contributed by atoms with Crippen LogP contribution in [-0.4, -0.2) is 53.7 Å². The Bertz CT molecular complexity index is 999. The summed E-state index contributed by atoms with van der Waals surface area (Å²) in [4.78, 5) is 28.9. The Morgan fingerprint density at radius 3 is 2.09 bits per heavy atom. The Morgan fingerprint density at radius 2 is 1.50 bits per heavy atom. The number of nitrogens with one attached hydrogen (secondary N) is 1. The molecule has 7 nitrogen and oxygen atoms in total. The van der Waals surface area contributed by atoms with Crippen LogP contribution < -0.4 is 11.1 Å². The topological polar surface area (TPSA) is 87.9 Å². The van der Waals surface area contributed by atoms with Gasteiger partial charge in [0.1, 0.15) is 5.60 Å². The fourth-order valence-electron chi connectivity index (χ4n) is 4.42. The number of ether oxygens (including phenoxy) is 1. The van der Waals surface area contributed by atoms with Crippen molar-refractivity contribution in [3.05, 3.63) is 48.0 Å². The van der Waals surface area contributed by atoms with Gasteiger partial charge >= 0.3 is 12.1 Å². The minimum Gasteiger partial charge on any atom is -0.444 e. The third-order valence-electron chi connectivity index (χ3n) is 6.10. The summed E-state index contributed by atoms with van der Waals surface area (Å²) in [6, 6.07) is 13.8. The molecule has 2 aromatic carbocycles. The Balaban J connectivity index is 1.38. The average Bonchev–Trinajstić information content (AvgIpc) is 3.28. The third kappa shape index (κ3) is 4.82. The fourth-order valence-corrected chi connectivity index (χ4v) is 4.42. The molecule has 2 fully saturated rings. The lowest BCUT2D eigenvalue weighted by atomic mass is 10.0. The van der Waals surface area contributed by atoms with Crippen molar-refractivity contribution in [3.8, 4) is 11.1 Å². The normalized spacial score (nSPS) is 20.2. The molecular formula is C25H32N4O3. The number of carbonyl (C=O) groups excluding carboxylic acids is 2. The Labute approximate surface area is 189 Å². The molecule has 2 unspecified atom stereocenters. The van der Waals surface area contributed by atoms with Crippen molar-refractivity contribution in [2.75, 3.05) is 37.2 Å². The van der Waals surface area contributed by atoms with Gasteiger partial charge in [-0.05, 0) is 51.0 Å². The molecule has 170 valence electrons. The van der Waals surface area contributed by atoms with Crippen molar-refractivity contribution < 1.29 is 14.3 Å². The highest BCUT2D eigenvalue weighted by atomic mass is 16.6. The standard InChI is InChI=1S/C25H32N4O3/c1-16-5-7-17(8-6-16)18-9-10-21(26)22(11-18)27-23(30)28-12-19-14-29(15-20(19)13-28)24(31)32-25(2,3)4/h5-11,19-20H,12-15,26H2,1-4H3,(H,27,30). The van der Waals surface area contributed by atoms with E-state index in [0.717, 1.165) is 11.1 Å². The number of fused-ring (bicyclic) bond motifs is 1. The molecule has 7 heteroatoms. The second-order valence-electron chi connectivity index (χ2n) is 9.91. The minimum absolute atomic E-state index is 0.157. The highest BCUT2D eigenvalue weighted by Gasteiger charge is 2.44. The van der Waals surface area contributed by atoms with Crippen LogP contribution in [0.3, 0.4) is 0 Å². The number of hydrogen-bond acceptors (Lipinski definition) is 4. The van der Waals surface area contributed by atoms with Crippen LogP contribution in [0.5, 0.6) is 0 Å². The lowest BCUT2D eigenvalue weighted by Crippen LogP contribution is -2.39. The molecule has 0 bridgehead atoms. The van der Waals surface area contributed by atoms with Gasteiger partial charge in [0.25, 0.3) is 0 Å². The molecule has 2 saturated heterocycles. The van der Waals surface area contributed by atoms with E-state index >= 15 is 0 Å². The van der Waals surface area contributed by atoms with Crippen LogP contribution in [0.4, 0.5) is 21.0 Å². The van der Waals surface area contributed by atoms with E-state index in [1.807, 2.05) is 43.9 Å². The number of carbonyl (C=O) groups is 2. The summed E-state index contributed by atoms with van der Waals surface area (Å²) in [7, 11) is 0. The molecule has 3 amide bonds. The summed E-state index contributed by atoms with van der Waals surface area (Å²) in [6.45, 7) is 10.1. The largest absolute Gasteiger partial charge is 0.444 e. The molecule has 0 saturated carbocycles. The lowest BCUT2D eigenvalue weighted by Gasteiger charge is -2.26. The second kappa shape index (κ2) is 8.37. The number of anilines is 2. The summed E-state index contributed by atoms with van der Waals surface area (Å²) in [5.41, 5.74) is 10.0. The number of nitrogens with two attached hydrogens (primary N) is 1. The van der Waals surface area contributed by atoms with Crippen molar-refractivity contribution in [2.24, 2.45) is 11.8 Å². The number of nitrogen functional groups attached to an aromatic ring is 1. The van der Waals surface area contributed by atoms with Gasteiger partial charge in [-0.25, -0.2) is 9.59 Å². The lowest BCUT2D eigenvalue weighted by molar-refractivity contribution is 0.0277. The molecule has 32 heavy (non-hydrogen) atoms. The van der Waals surface area contributed by atoms with Crippen LogP contribution in [0, 0.1) is 18.8 Å². The maximum absolute atomic E-state index is 12.9.